The largest absolute Gasteiger partial charge is 0.443 e. The summed E-state index contributed by atoms with van der Waals surface area (Å²) in [5.74, 6) is 0.0194. The molecule has 1 heterocycles. The first-order valence-electron chi connectivity index (χ1n) is 7.91. The number of fused-ring (bicyclic) bond motifs is 1. The van der Waals surface area contributed by atoms with E-state index in [-0.39, 0.29) is 5.78 Å². The highest BCUT2D eigenvalue weighted by atomic mass is 16.6. The summed E-state index contributed by atoms with van der Waals surface area (Å²) in [5, 5.41) is 3.88. The fourth-order valence-corrected chi connectivity index (χ4v) is 2.36. The fraction of sp³-hybridized carbons (Fsp3) is 0.444. The number of Topliss-reactive ketones (excluding diaryl/α,β-unsaturated/α-hetero) is 1. The molecule has 1 N–H and O–H groups in total. The second kappa shape index (κ2) is 6.96. The third-order valence-electron chi connectivity index (χ3n) is 3.34. The van der Waals surface area contributed by atoms with Crippen molar-refractivity contribution in [2.75, 3.05) is 13.1 Å². The van der Waals surface area contributed by atoms with Gasteiger partial charge in [0, 0.05) is 17.1 Å². The summed E-state index contributed by atoms with van der Waals surface area (Å²) in [5.41, 5.74) is 0.736. The molecular weight excluding hydrogens is 292 g/mol. The van der Waals surface area contributed by atoms with Crippen LogP contribution in [0.5, 0.6) is 0 Å². The van der Waals surface area contributed by atoms with Gasteiger partial charge in [-0.1, -0.05) is 19.1 Å². The highest BCUT2D eigenvalue weighted by Crippen LogP contribution is 2.22. The molecule has 1 aromatic carbocycles. The maximum atomic E-state index is 12.4. The summed E-state index contributed by atoms with van der Waals surface area (Å²) in [4.78, 5) is 24.6. The van der Waals surface area contributed by atoms with Crippen LogP contribution in [0.4, 0.5) is 4.79 Å². The number of hydrogen-bond donors (Lipinski definition) is 1. The van der Waals surface area contributed by atoms with E-state index in [4.69, 9.17) is 4.74 Å². The van der Waals surface area contributed by atoms with Crippen LogP contribution in [0.3, 0.4) is 0 Å². The van der Waals surface area contributed by atoms with Crippen molar-refractivity contribution < 1.29 is 14.3 Å². The van der Waals surface area contributed by atoms with E-state index >= 15 is 0 Å². The Kier molecular flexibility index (Phi) is 5.21. The van der Waals surface area contributed by atoms with Gasteiger partial charge in [-0.2, -0.15) is 0 Å². The molecule has 0 saturated carbocycles. The van der Waals surface area contributed by atoms with Gasteiger partial charge in [-0.3, -0.25) is 9.36 Å². The number of ketones is 1. The minimum absolute atomic E-state index is 0.0194. The zero-order valence-corrected chi connectivity index (χ0v) is 14.2. The monoisotopic (exact) mass is 316 g/mol. The van der Waals surface area contributed by atoms with Crippen LogP contribution < -0.4 is 5.32 Å². The van der Waals surface area contributed by atoms with Gasteiger partial charge in [-0.25, -0.2) is 4.79 Å². The van der Waals surface area contributed by atoms with Crippen LogP contribution in [0, 0.1) is 0 Å². The molecule has 0 radical (unpaired) electrons. The Morgan fingerprint density at radius 3 is 2.61 bits per heavy atom. The van der Waals surface area contributed by atoms with Crippen molar-refractivity contribution in [2.45, 2.75) is 39.7 Å². The van der Waals surface area contributed by atoms with Gasteiger partial charge in [0.1, 0.15) is 5.60 Å². The number of ether oxygens (including phenoxy) is 1. The minimum atomic E-state index is -0.564. The van der Waals surface area contributed by atoms with E-state index < -0.39 is 11.7 Å². The average molecular weight is 316 g/mol. The lowest BCUT2D eigenvalue weighted by atomic mass is 10.1. The topological polar surface area (TPSA) is 60.3 Å². The number of nitrogens with one attached hydrogen (secondary N) is 1. The van der Waals surface area contributed by atoms with Crippen LogP contribution in [-0.2, 0) is 4.74 Å². The standard InChI is InChI=1S/C18H24N2O3/c1-5-10-19-12-16(21)14-7-6-8-15-13(14)9-11-20(15)17(22)23-18(2,3)4/h6-9,11,19H,5,10,12H2,1-4H3. The number of benzene rings is 1. The Balaban J connectivity index is 2.30. The zero-order valence-electron chi connectivity index (χ0n) is 14.2. The van der Waals surface area contributed by atoms with Crippen molar-refractivity contribution >= 4 is 22.8 Å². The molecule has 0 unspecified atom stereocenters. The number of hydrogen-bond acceptors (Lipinski definition) is 4. The van der Waals surface area contributed by atoms with Gasteiger partial charge in [0.2, 0.25) is 0 Å². The SMILES string of the molecule is CCCNCC(=O)c1cccc2c1ccn2C(=O)OC(C)(C)C. The number of carbonyl (C=O) groups excluding carboxylic acids is 2. The van der Waals surface area contributed by atoms with Crippen molar-refractivity contribution in [2.24, 2.45) is 0 Å². The van der Waals surface area contributed by atoms with Gasteiger partial charge in [0.25, 0.3) is 0 Å². The van der Waals surface area contributed by atoms with Gasteiger partial charge in [0.05, 0.1) is 12.1 Å². The predicted molar refractivity (Wildman–Crippen MR) is 91.1 cm³/mol. The van der Waals surface area contributed by atoms with Crippen LogP contribution >= 0.6 is 0 Å². The van der Waals surface area contributed by atoms with E-state index in [2.05, 4.69) is 12.2 Å². The van der Waals surface area contributed by atoms with Crippen LogP contribution in [-0.4, -0.2) is 35.1 Å². The number of nitrogens with zero attached hydrogens (tertiary/aromatic N) is 1. The number of aromatic nitrogens is 1. The summed E-state index contributed by atoms with van der Waals surface area (Å²) in [7, 11) is 0. The van der Waals surface area contributed by atoms with Crippen LogP contribution in [0.2, 0.25) is 0 Å². The molecule has 0 bridgehead atoms. The molecule has 0 aliphatic heterocycles. The lowest BCUT2D eigenvalue weighted by Gasteiger charge is -2.19. The Morgan fingerprint density at radius 2 is 1.96 bits per heavy atom. The van der Waals surface area contributed by atoms with E-state index in [0.717, 1.165) is 18.4 Å². The molecule has 2 rings (SSSR count). The van der Waals surface area contributed by atoms with Crippen molar-refractivity contribution in [1.29, 1.82) is 0 Å². The first kappa shape index (κ1) is 17.2. The molecule has 0 aliphatic carbocycles. The molecule has 0 aliphatic rings. The van der Waals surface area contributed by atoms with Gasteiger partial charge < -0.3 is 10.1 Å². The lowest BCUT2D eigenvalue weighted by molar-refractivity contribution is 0.0544. The molecule has 124 valence electrons. The molecule has 0 spiro atoms. The third-order valence-corrected chi connectivity index (χ3v) is 3.34. The van der Waals surface area contributed by atoms with Crippen molar-refractivity contribution in [3.8, 4) is 0 Å². The van der Waals surface area contributed by atoms with Crippen molar-refractivity contribution in [1.82, 2.24) is 9.88 Å². The molecule has 0 atom stereocenters. The highest BCUT2D eigenvalue weighted by Gasteiger charge is 2.20. The lowest BCUT2D eigenvalue weighted by Crippen LogP contribution is -2.26. The molecular formula is C18H24N2O3. The molecule has 2 aromatic rings. The molecule has 1 aromatic heterocycles. The van der Waals surface area contributed by atoms with E-state index in [1.54, 1.807) is 24.4 Å². The maximum absolute atomic E-state index is 12.4. The highest BCUT2D eigenvalue weighted by molar-refractivity contribution is 6.09. The molecule has 0 fully saturated rings. The summed E-state index contributed by atoms with van der Waals surface area (Å²) >= 11 is 0. The minimum Gasteiger partial charge on any atom is -0.443 e. The molecule has 0 saturated heterocycles. The number of carbonyl (C=O) groups is 2. The molecule has 5 heteroatoms. The smallest absolute Gasteiger partial charge is 0.418 e. The summed E-state index contributed by atoms with van der Waals surface area (Å²) in [6, 6.07) is 7.18. The van der Waals surface area contributed by atoms with Gasteiger partial charge in [0.15, 0.2) is 5.78 Å². The normalized spacial score (nSPS) is 11.7. The van der Waals surface area contributed by atoms with E-state index in [1.165, 1.54) is 4.57 Å². The maximum Gasteiger partial charge on any atom is 0.418 e. The van der Waals surface area contributed by atoms with E-state index in [9.17, 15) is 9.59 Å². The fourth-order valence-electron chi connectivity index (χ4n) is 2.36. The Labute approximate surface area is 136 Å². The Hall–Kier alpha value is -2.14. The third kappa shape index (κ3) is 4.20. The van der Waals surface area contributed by atoms with E-state index in [1.807, 2.05) is 26.8 Å². The Bertz CT molecular complexity index is 711. The quantitative estimate of drug-likeness (QED) is 0.676. The first-order chi connectivity index (χ1) is 10.8. The van der Waals surface area contributed by atoms with Crippen molar-refractivity contribution in [3.05, 3.63) is 36.0 Å². The Morgan fingerprint density at radius 1 is 1.22 bits per heavy atom. The summed E-state index contributed by atoms with van der Waals surface area (Å²) < 4.78 is 6.84. The van der Waals surface area contributed by atoms with Crippen LogP contribution in [0.1, 0.15) is 44.5 Å². The molecule has 23 heavy (non-hydrogen) atoms. The van der Waals surface area contributed by atoms with Gasteiger partial charge in [-0.05, 0) is 45.9 Å². The number of rotatable bonds is 5. The summed E-state index contributed by atoms with van der Waals surface area (Å²) in [6.45, 7) is 8.63. The van der Waals surface area contributed by atoms with Gasteiger partial charge >= 0.3 is 6.09 Å². The predicted octanol–water partition coefficient (Wildman–Crippen LogP) is 3.61. The van der Waals surface area contributed by atoms with E-state index in [0.29, 0.717) is 17.6 Å². The zero-order chi connectivity index (χ0) is 17.0. The molecule has 5 nitrogen and oxygen atoms in total. The average Bonchev–Trinajstić information content (AvgIpc) is 2.89. The molecule has 0 amide bonds. The second-order valence-electron chi connectivity index (χ2n) is 6.50. The van der Waals surface area contributed by atoms with Crippen LogP contribution in [0.25, 0.3) is 10.9 Å². The van der Waals surface area contributed by atoms with Crippen LogP contribution in [0.15, 0.2) is 30.5 Å². The van der Waals surface area contributed by atoms with Gasteiger partial charge in [-0.15, -0.1) is 0 Å². The second-order valence-corrected chi connectivity index (χ2v) is 6.50. The summed E-state index contributed by atoms with van der Waals surface area (Å²) in [6.07, 6.45) is 2.18. The van der Waals surface area contributed by atoms with Crippen molar-refractivity contribution in [3.63, 3.8) is 0 Å². The first-order valence-corrected chi connectivity index (χ1v) is 7.91.